The van der Waals surface area contributed by atoms with Gasteiger partial charge in [-0.15, -0.1) is 0 Å². The summed E-state index contributed by atoms with van der Waals surface area (Å²) in [6.07, 6.45) is 3.21. The molecule has 3 rings (SSSR count). The van der Waals surface area contributed by atoms with Gasteiger partial charge < -0.3 is 10.6 Å². The van der Waals surface area contributed by atoms with E-state index in [1.54, 1.807) is 6.07 Å². The van der Waals surface area contributed by atoms with E-state index in [4.69, 9.17) is 0 Å². The second-order valence-corrected chi connectivity index (χ2v) is 6.74. The van der Waals surface area contributed by atoms with Crippen molar-refractivity contribution in [2.45, 2.75) is 39.5 Å². The third kappa shape index (κ3) is 3.28. The van der Waals surface area contributed by atoms with E-state index < -0.39 is 0 Å². The highest BCUT2D eigenvalue weighted by atomic mass is 16.2. The fraction of sp³-hybridized carbons (Fsp3) is 0.500. The van der Waals surface area contributed by atoms with Crippen molar-refractivity contribution in [1.82, 2.24) is 0 Å². The average Bonchev–Trinajstić information content (AvgIpc) is 2.72. The Balaban J connectivity index is 1.70. The minimum atomic E-state index is -0.145. The van der Waals surface area contributed by atoms with Gasteiger partial charge >= 0.3 is 0 Å². The molecule has 0 spiro atoms. The fourth-order valence-corrected chi connectivity index (χ4v) is 3.76. The smallest absolute Gasteiger partial charge is 0.227 e. The third-order valence-corrected chi connectivity index (χ3v) is 4.99. The summed E-state index contributed by atoms with van der Waals surface area (Å²) in [5, 5.41) is 5.70. The normalized spacial score (nSPS) is 26.0. The third-order valence-electron chi connectivity index (χ3n) is 4.99. The van der Waals surface area contributed by atoms with Crippen LogP contribution in [0.4, 0.5) is 11.4 Å². The molecule has 2 aliphatic rings. The molecule has 5 nitrogen and oxygen atoms in total. The van der Waals surface area contributed by atoms with Crippen molar-refractivity contribution < 1.29 is 14.4 Å². The molecule has 2 atom stereocenters. The van der Waals surface area contributed by atoms with Gasteiger partial charge in [0.05, 0.1) is 0 Å². The first-order valence-electron chi connectivity index (χ1n) is 8.17. The van der Waals surface area contributed by atoms with Crippen molar-refractivity contribution in [2.75, 3.05) is 10.6 Å². The van der Waals surface area contributed by atoms with Gasteiger partial charge in [0.25, 0.3) is 0 Å². The lowest BCUT2D eigenvalue weighted by atomic mass is 9.79. The van der Waals surface area contributed by atoms with E-state index in [1.807, 2.05) is 19.1 Å². The highest BCUT2D eigenvalue weighted by Gasteiger charge is 2.43. The van der Waals surface area contributed by atoms with Gasteiger partial charge in [0.2, 0.25) is 11.8 Å². The highest BCUT2D eigenvalue weighted by Crippen LogP contribution is 2.42. The number of Topliss-reactive ketones (excluding diaryl/α,β-unsaturated/α-hetero) is 1. The highest BCUT2D eigenvalue weighted by molar-refractivity contribution is 5.97. The molecular formula is C18H22N2O3. The van der Waals surface area contributed by atoms with Crippen LogP contribution in [0.3, 0.4) is 0 Å². The lowest BCUT2D eigenvalue weighted by Gasteiger charge is -2.26. The van der Waals surface area contributed by atoms with Gasteiger partial charge in [-0.05, 0) is 50.3 Å². The van der Waals surface area contributed by atoms with Crippen LogP contribution in [0.5, 0.6) is 0 Å². The zero-order valence-electron chi connectivity index (χ0n) is 13.5. The number of fused-ring (bicyclic) bond motifs is 2. The Hall–Kier alpha value is -2.17. The van der Waals surface area contributed by atoms with Gasteiger partial charge in [0.15, 0.2) is 0 Å². The van der Waals surface area contributed by atoms with Gasteiger partial charge in [0.1, 0.15) is 5.78 Å². The fourth-order valence-electron chi connectivity index (χ4n) is 3.76. The number of hydrogen-bond donors (Lipinski definition) is 2. The molecule has 2 unspecified atom stereocenters. The molecule has 0 saturated heterocycles. The summed E-state index contributed by atoms with van der Waals surface area (Å²) in [6.45, 7) is 3.37. The summed E-state index contributed by atoms with van der Waals surface area (Å²) in [5.74, 6) is 0.269. The maximum absolute atomic E-state index is 12.6. The summed E-state index contributed by atoms with van der Waals surface area (Å²) in [7, 11) is 0. The number of benzene rings is 1. The zero-order chi connectivity index (χ0) is 16.6. The summed E-state index contributed by atoms with van der Waals surface area (Å²) >= 11 is 0. The average molecular weight is 314 g/mol. The summed E-state index contributed by atoms with van der Waals surface area (Å²) in [4.78, 5) is 35.7. The Labute approximate surface area is 135 Å². The molecule has 0 radical (unpaired) electrons. The maximum Gasteiger partial charge on any atom is 0.227 e. The van der Waals surface area contributed by atoms with E-state index in [9.17, 15) is 14.4 Å². The van der Waals surface area contributed by atoms with Crippen LogP contribution < -0.4 is 10.6 Å². The molecule has 0 heterocycles. The van der Waals surface area contributed by atoms with Crippen LogP contribution >= 0.6 is 0 Å². The second kappa shape index (κ2) is 6.14. The van der Waals surface area contributed by atoms with Crippen LogP contribution in [-0.2, 0) is 14.4 Å². The monoisotopic (exact) mass is 314 g/mol. The molecule has 2 aliphatic carbocycles. The maximum atomic E-state index is 12.6. The van der Waals surface area contributed by atoms with Crippen molar-refractivity contribution in [2.24, 2.45) is 17.8 Å². The van der Waals surface area contributed by atoms with Crippen molar-refractivity contribution in [3.8, 4) is 0 Å². The number of carbonyl (C=O) groups is 3. The SMILES string of the molecule is CC(=O)Nc1ccc(C)c(NC(=O)C2CC3CCC(C2)C3=O)c1. The molecule has 23 heavy (non-hydrogen) atoms. The molecular weight excluding hydrogens is 292 g/mol. The Morgan fingerprint density at radius 3 is 2.35 bits per heavy atom. The van der Waals surface area contributed by atoms with Gasteiger partial charge in [-0.3, -0.25) is 14.4 Å². The topological polar surface area (TPSA) is 75.3 Å². The number of aryl methyl sites for hydroxylation is 1. The molecule has 122 valence electrons. The number of ketones is 1. The van der Waals surface area contributed by atoms with Crippen molar-refractivity contribution in [1.29, 1.82) is 0 Å². The van der Waals surface area contributed by atoms with Crippen molar-refractivity contribution in [3.05, 3.63) is 23.8 Å². The van der Waals surface area contributed by atoms with E-state index in [-0.39, 0.29) is 29.6 Å². The number of carbonyl (C=O) groups excluding carboxylic acids is 3. The molecule has 1 aromatic rings. The first kappa shape index (κ1) is 15.7. The summed E-state index contributed by atoms with van der Waals surface area (Å²) < 4.78 is 0. The molecule has 2 N–H and O–H groups in total. The van der Waals surface area contributed by atoms with Crippen LogP contribution in [-0.4, -0.2) is 17.6 Å². The van der Waals surface area contributed by atoms with Crippen LogP contribution in [0.2, 0.25) is 0 Å². The molecule has 0 aromatic heterocycles. The molecule has 2 fully saturated rings. The first-order chi connectivity index (χ1) is 10.9. The number of rotatable bonds is 3. The van der Waals surface area contributed by atoms with Gasteiger partial charge in [0, 0.05) is 36.1 Å². The largest absolute Gasteiger partial charge is 0.326 e. The number of anilines is 2. The summed E-state index contributed by atoms with van der Waals surface area (Å²) in [6, 6.07) is 5.46. The molecule has 2 saturated carbocycles. The van der Waals surface area contributed by atoms with E-state index in [2.05, 4.69) is 10.6 Å². The van der Waals surface area contributed by atoms with Crippen LogP contribution in [0, 0.1) is 24.7 Å². The van der Waals surface area contributed by atoms with E-state index in [0.29, 0.717) is 30.0 Å². The van der Waals surface area contributed by atoms with E-state index >= 15 is 0 Å². The van der Waals surface area contributed by atoms with Gasteiger partial charge in [-0.1, -0.05) is 6.07 Å². The molecule has 2 bridgehead atoms. The van der Waals surface area contributed by atoms with Crippen molar-refractivity contribution >= 4 is 29.0 Å². The Morgan fingerprint density at radius 1 is 1.09 bits per heavy atom. The van der Waals surface area contributed by atoms with Gasteiger partial charge in [-0.25, -0.2) is 0 Å². The van der Waals surface area contributed by atoms with Crippen molar-refractivity contribution in [3.63, 3.8) is 0 Å². The quantitative estimate of drug-likeness (QED) is 0.900. The molecule has 2 amide bonds. The number of amides is 2. The molecule has 0 aliphatic heterocycles. The number of nitrogens with one attached hydrogen (secondary N) is 2. The number of hydrogen-bond acceptors (Lipinski definition) is 3. The van der Waals surface area contributed by atoms with Crippen LogP contribution in [0.15, 0.2) is 18.2 Å². The van der Waals surface area contributed by atoms with E-state index in [0.717, 1.165) is 18.4 Å². The lowest BCUT2D eigenvalue weighted by molar-refractivity contribution is -0.130. The molecule has 1 aromatic carbocycles. The van der Waals surface area contributed by atoms with Gasteiger partial charge in [-0.2, -0.15) is 0 Å². The van der Waals surface area contributed by atoms with Crippen LogP contribution in [0.1, 0.15) is 38.2 Å². The Bertz CT molecular complexity index is 652. The minimum absolute atomic E-state index is 0.0162. The predicted octanol–water partition coefficient (Wildman–Crippen LogP) is 2.90. The Kier molecular flexibility index (Phi) is 4.20. The Morgan fingerprint density at radius 2 is 1.74 bits per heavy atom. The van der Waals surface area contributed by atoms with Crippen LogP contribution in [0.25, 0.3) is 0 Å². The summed E-state index contributed by atoms with van der Waals surface area (Å²) in [5.41, 5.74) is 2.32. The first-order valence-corrected chi connectivity index (χ1v) is 8.17. The standard InChI is InChI=1S/C18H22N2O3/c1-10-3-6-15(19-11(2)21)9-16(10)20-18(23)14-7-12-4-5-13(8-14)17(12)22/h3,6,9,12-14H,4-5,7-8H2,1-2H3,(H,19,21)(H,20,23). The second-order valence-electron chi connectivity index (χ2n) is 6.74. The lowest BCUT2D eigenvalue weighted by Crippen LogP contribution is -2.33. The zero-order valence-corrected chi connectivity index (χ0v) is 13.5. The molecule has 5 heteroatoms. The van der Waals surface area contributed by atoms with E-state index in [1.165, 1.54) is 6.92 Å². The minimum Gasteiger partial charge on any atom is -0.326 e. The predicted molar refractivity (Wildman–Crippen MR) is 88.1 cm³/mol.